The van der Waals surface area contributed by atoms with Crippen molar-refractivity contribution in [3.8, 4) is 0 Å². The van der Waals surface area contributed by atoms with Gasteiger partial charge in [0.15, 0.2) is 5.76 Å². The number of hydrogen-bond donors (Lipinski definition) is 0. The summed E-state index contributed by atoms with van der Waals surface area (Å²) in [5.74, 6) is 2.07. The van der Waals surface area contributed by atoms with Crippen LogP contribution in [0.15, 0.2) is 34.5 Å². The van der Waals surface area contributed by atoms with Crippen molar-refractivity contribution in [2.24, 2.45) is 17.3 Å². The highest BCUT2D eigenvalue weighted by Crippen LogP contribution is 2.59. The van der Waals surface area contributed by atoms with E-state index in [1.807, 2.05) is 6.07 Å². The number of rotatable bonds is 4. The van der Waals surface area contributed by atoms with Crippen molar-refractivity contribution >= 4 is 5.91 Å². The Balaban J connectivity index is 1.56. The summed E-state index contributed by atoms with van der Waals surface area (Å²) in [6.07, 6.45) is 12.6. The maximum atomic E-state index is 13.1. The summed E-state index contributed by atoms with van der Waals surface area (Å²) in [5, 5.41) is 0. The minimum atomic E-state index is 0.0760. The van der Waals surface area contributed by atoms with Gasteiger partial charge in [-0.3, -0.25) is 4.79 Å². The van der Waals surface area contributed by atoms with Gasteiger partial charge in [-0.05, 0) is 55.1 Å². The van der Waals surface area contributed by atoms with E-state index in [4.69, 9.17) is 4.42 Å². The summed E-state index contributed by atoms with van der Waals surface area (Å²) in [7, 11) is 0. The van der Waals surface area contributed by atoms with Crippen molar-refractivity contribution in [1.82, 2.24) is 4.90 Å². The lowest BCUT2D eigenvalue weighted by molar-refractivity contribution is -0.0120. The van der Waals surface area contributed by atoms with Crippen LogP contribution in [0.1, 0.15) is 69.3 Å². The monoisotopic (exact) mass is 327 g/mol. The fraction of sp³-hybridized carbons (Fsp3) is 0.667. The van der Waals surface area contributed by atoms with Crippen molar-refractivity contribution in [3.63, 3.8) is 0 Å². The van der Waals surface area contributed by atoms with E-state index >= 15 is 0 Å². The van der Waals surface area contributed by atoms with Crippen molar-refractivity contribution in [3.05, 3.63) is 35.8 Å². The molecule has 2 atom stereocenters. The van der Waals surface area contributed by atoms with Gasteiger partial charge in [0.05, 0.1) is 6.26 Å². The number of hydrogen-bond acceptors (Lipinski definition) is 2. The van der Waals surface area contributed by atoms with Gasteiger partial charge in [0.1, 0.15) is 0 Å². The summed E-state index contributed by atoms with van der Waals surface area (Å²) < 4.78 is 5.42. The quantitative estimate of drug-likeness (QED) is 0.725. The van der Waals surface area contributed by atoms with E-state index in [1.165, 1.54) is 37.7 Å². The van der Waals surface area contributed by atoms with Gasteiger partial charge in [-0.15, -0.1) is 0 Å². The SMILES string of the molecule is CC1(C)C2CC=C(CN(C(=O)c3ccco3)C3CCCCC3)C1C2. The van der Waals surface area contributed by atoms with Gasteiger partial charge in [0.2, 0.25) is 0 Å². The molecule has 24 heavy (non-hydrogen) atoms. The Morgan fingerprint density at radius 2 is 2.08 bits per heavy atom. The van der Waals surface area contributed by atoms with Gasteiger partial charge in [-0.1, -0.05) is 44.8 Å². The third-order valence-corrected chi connectivity index (χ3v) is 6.94. The molecule has 2 bridgehead atoms. The van der Waals surface area contributed by atoms with Gasteiger partial charge in [-0.2, -0.15) is 0 Å². The van der Waals surface area contributed by atoms with Crippen molar-refractivity contribution in [2.45, 2.75) is 64.8 Å². The van der Waals surface area contributed by atoms with E-state index in [2.05, 4.69) is 24.8 Å². The Bertz CT molecular complexity index is 622. The molecule has 0 spiro atoms. The fourth-order valence-corrected chi connectivity index (χ4v) is 5.15. The molecule has 0 radical (unpaired) electrons. The topological polar surface area (TPSA) is 33.5 Å². The average Bonchev–Trinajstić information content (AvgIpc) is 3.14. The number of carbonyl (C=O) groups is 1. The van der Waals surface area contributed by atoms with Crippen LogP contribution in [0.25, 0.3) is 0 Å². The predicted octanol–water partition coefficient (Wildman–Crippen LogP) is 5.05. The Hall–Kier alpha value is -1.51. The van der Waals surface area contributed by atoms with Crippen LogP contribution in [0.2, 0.25) is 0 Å². The number of carbonyl (C=O) groups excluding carboxylic acids is 1. The van der Waals surface area contributed by atoms with Gasteiger partial charge in [0, 0.05) is 12.6 Å². The van der Waals surface area contributed by atoms with E-state index in [1.54, 1.807) is 12.3 Å². The Morgan fingerprint density at radius 3 is 2.71 bits per heavy atom. The largest absolute Gasteiger partial charge is 0.459 e. The minimum absolute atomic E-state index is 0.0760. The summed E-state index contributed by atoms with van der Waals surface area (Å²) >= 11 is 0. The first-order valence-electron chi connectivity index (χ1n) is 9.61. The molecule has 1 heterocycles. The maximum Gasteiger partial charge on any atom is 0.290 e. The number of nitrogens with zero attached hydrogens (tertiary/aromatic N) is 1. The zero-order chi connectivity index (χ0) is 16.7. The smallest absolute Gasteiger partial charge is 0.290 e. The molecular weight excluding hydrogens is 298 g/mol. The molecule has 0 N–H and O–H groups in total. The standard InChI is InChI=1S/C21H29NO2/c1-21(2)16-11-10-15(18(21)13-16)14-22(17-7-4-3-5-8-17)20(23)19-9-6-12-24-19/h6,9-10,12,16-18H,3-5,7-8,11,13-14H2,1-2H3. The summed E-state index contributed by atoms with van der Waals surface area (Å²) in [6, 6.07) is 3.99. The second kappa shape index (κ2) is 6.09. The Labute approximate surface area is 145 Å². The van der Waals surface area contributed by atoms with Gasteiger partial charge < -0.3 is 9.32 Å². The molecule has 2 fully saturated rings. The van der Waals surface area contributed by atoms with Crippen LogP contribution in [0, 0.1) is 17.3 Å². The highest BCUT2D eigenvalue weighted by molar-refractivity contribution is 5.91. The lowest BCUT2D eigenvalue weighted by Crippen LogP contribution is -2.51. The highest BCUT2D eigenvalue weighted by Gasteiger charge is 2.51. The molecule has 1 aromatic heterocycles. The maximum absolute atomic E-state index is 13.1. The van der Waals surface area contributed by atoms with Crippen molar-refractivity contribution < 1.29 is 9.21 Å². The minimum Gasteiger partial charge on any atom is -0.459 e. The molecule has 3 heteroatoms. The molecule has 3 nitrogen and oxygen atoms in total. The lowest BCUT2D eigenvalue weighted by atomic mass is 9.49. The van der Waals surface area contributed by atoms with Gasteiger partial charge >= 0.3 is 0 Å². The Morgan fingerprint density at radius 1 is 1.29 bits per heavy atom. The van der Waals surface area contributed by atoms with E-state index in [-0.39, 0.29) is 5.91 Å². The molecule has 2 unspecified atom stereocenters. The van der Waals surface area contributed by atoms with Crippen LogP contribution < -0.4 is 0 Å². The van der Waals surface area contributed by atoms with Crippen molar-refractivity contribution in [2.75, 3.05) is 6.54 Å². The van der Waals surface area contributed by atoms with Crippen LogP contribution in [0.3, 0.4) is 0 Å². The zero-order valence-electron chi connectivity index (χ0n) is 15.0. The second-order valence-electron chi connectivity index (χ2n) is 8.52. The molecule has 0 saturated heterocycles. The first kappa shape index (κ1) is 16.0. The first-order valence-corrected chi connectivity index (χ1v) is 9.61. The normalized spacial score (nSPS) is 28.8. The van der Waals surface area contributed by atoms with Gasteiger partial charge in [0.25, 0.3) is 5.91 Å². The third-order valence-electron chi connectivity index (χ3n) is 6.94. The van der Waals surface area contributed by atoms with E-state index in [0.29, 0.717) is 23.1 Å². The first-order chi connectivity index (χ1) is 11.6. The summed E-state index contributed by atoms with van der Waals surface area (Å²) in [5.41, 5.74) is 1.91. The van der Waals surface area contributed by atoms with Crippen molar-refractivity contribution in [1.29, 1.82) is 0 Å². The molecule has 1 amide bonds. The molecule has 4 aliphatic carbocycles. The number of fused-ring (bicyclic) bond motifs is 1. The number of amides is 1. The second-order valence-corrected chi connectivity index (χ2v) is 8.52. The molecule has 5 rings (SSSR count). The number of furan rings is 1. The van der Waals surface area contributed by atoms with Crippen LogP contribution in [-0.4, -0.2) is 23.4 Å². The molecule has 1 aromatic rings. The van der Waals surface area contributed by atoms with Crippen LogP contribution in [0.4, 0.5) is 0 Å². The molecule has 130 valence electrons. The lowest BCUT2D eigenvalue weighted by Gasteiger charge is -2.57. The summed E-state index contributed by atoms with van der Waals surface area (Å²) in [6.45, 7) is 5.60. The fourth-order valence-electron chi connectivity index (χ4n) is 5.15. The highest BCUT2D eigenvalue weighted by atomic mass is 16.3. The molecule has 0 aromatic carbocycles. The Kier molecular flexibility index (Phi) is 4.06. The van der Waals surface area contributed by atoms with E-state index in [9.17, 15) is 4.79 Å². The summed E-state index contributed by atoms with van der Waals surface area (Å²) in [4.78, 5) is 15.2. The van der Waals surface area contributed by atoms with E-state index < -0.39 is 0 Å². The average molecular weight is 327 g/mol. The molecule has 2 saturated carbocycles. The van der Waals surface area contributed by atoms with Gasteiger partial charge in [-0.25, -0.2) is 0 Å². The third kappa shape index (κ3) is 2.62. The van der Waals surface area contributed by atoms with Crippen LogP contribution in [-0.2, 0) is 0 Å². The predicted molar refractivity (Wildman–Crippen MR) is 94.7 cm³/mol. The number of allylic oxidation sites excluding steroid dienone is 1. The molecule has 0 aliphatic heterocycles. The van der Waals surface area contributed by atoms with Crippen LogP contribution >= 0.6 is 0 Å². The van der Waals surface area contributed by atoms with Crippen LogP contribution in [0.5, 0.6) is 0 Å². The van der Waals surface area contributed by atoms with E-state index in [0.717, 1.165) is 25.3 Å². The molecule has 4 aliphatic rings. The zero-order valence-corrected chi connectivity index (χ0v) is 15.0. The molecular formula is C21H29NO2.